The Morgan fingerprint density at radius 3 is 0.976 bits per heavy atom. The molecule has 0 aliphatic carbocycles. The van der Waals surface area contributed by atoms with Gasteiger partial charge in [-0.05, 0) is 148 Å². The summed E-state index contributed by atoms with van der Waals surface area (Å²) in [6.45, 7) is 0. The Hall–Kier alpha value is -11.0. The van der Waals surface area contributed by atoms with Crippen molar-refractivity contribution >= 4 is 87.2 Å². The van der Waals surface area contributed by atoms with Gasteiger partial charge in [-0.25, -0.2) is 4.98 Å². The molecular formula is C77H49N5. The molecule has 17 aromatic rings. The minimum absolute atomic E-state index is 0.843. The molecule has 5 nitrogen and oxygen atoms in total. The average molecular weight is 1040 g/mol. The minimum atomic E-state index is 0.843. The highest BCUT2D eigenvalue weighted by atomic mass is 15.1. The number of aromatic nitrogens is 5. The number of rotatable bonds is 8. The predicted octanol–water partition coefficient (Wildman–Crippen LogP) is 20.1. The van der Waals surface area contributed by atoms with E-state index < -0.39 is 0 Å². The van der Waals surface area contributed by atoms with Crippen molar-refractivity contribution in [2.75, 3.05) is 0 Å². The third-order valence-corrected chi connectivity index (χ3v) is 17.0. The Kier molecular flexibility index (Phi) is 10.2. The molecule has 0 unspecified atom stereocenters. The van der Waals surface area contributed by atoms with Crippen LogP contribution in [0.15, 0.2) is 297 Å². The summed E-state index contributed by atoms with van der Waals surface area (Å²) in [5.41, 5.74) is 20.6. The van der Waals surface area contributed by atoms with Crippen LogP contribution < -0.4 is 0 Å². The van der Waals surface area contributed by atoms with E-state index in [-0.39, 0.29) is 0 Å². The molecule has 0 saturated carbocycles. The van der Waals surface area contributed by atoms with Gasteiger partial charge in [-0.1, -0.05) is 188 Å². The van der Waals surface area contributed by atoms with Crippen LogP contribution in [0, 0.1) is 0 Å². The van der Waals surface area contributed by atoms with Crippen molar-refractivity contribution < 1.29 is 0 Å². The number of para-hydroxylation sites is 6. The van der Waals surface area contributed by atoms with E-state index >= 15 is 0 Å². The van der Waals surface area contributed by atoms with Gasteiger partial charge in [-0.15, -0.1) is 0 Å². The predicted molar refractivity (Wildman–Crippen MR) is 343 cm³/mol. The summed E-state index contributed by atoms with van der Waals surface area (Å²) in [5.74, 6) is 1.70. The standard InChI is InChI=1S/C77H49N5/c1-4-20-50(21-5-1)57-26-10-11-27-58(57)63-40-45-76(81-70-34-18-14-30-61(70)66-48-53(38-43-74(66)81)51-36-41-72-64(46-51)59-28-12-16-32-68(59)79(72)55-22-6-2-7-23-55)78-77(63)82-71-35-19-15-31-62(71)67-49-54(39-44-75(67)82)52-37-42-73-65(47-52)60-29-13-17-33-69(60)80(73)56-24-8-3-9-25-56/h1-49H. The summed E-state index contributed by atoms with van der Waals surface area (Å²) in [4.78, 5) is 5.93. The first-order valence-corrected chi connectivity index (χ1v) is 28.1. The molecule has 0 aliphatic rings. The average Bonchev–Trinajstić information content (AvgIpc) is 4.10. The van der Waals surface area contributed by atoms with E-state index in [0.29, 0.717) is 0 Å². The first-order chi connectivity index (χ1) is 40.7. The van der Waals surface area contributed by atoms with Crippen LogP contribution in [0.25, 0.3) is 155 Å². The molecule has 12 aromatic carbocycles. The van der Waals surface area contributed by atoms with Crippen molar-refractivity contribution in [3.8, 4) is 67.5 Å². The number of hydrogen-bond acceptors (Lipinski definition) is 1. The molecular weight excluding hydrogens is 995 g/mol. The van der Waals surface area contributed by atoms with Crippen molar-refractivity contribution in [3.63, 3.8) is 0 Å². The molecule has 5 aromatic heterocycles. The summed E-state index contributed by atoms with van der Waals surface area (Å²) >= 11 is 0. The fraction of sp³-hybridized carbons (Fsp3) is 0. The van der Waals surface area contributed by atoms with Crippen molar-refractivity contribution in [1.29, 1.82) is 0 Å². The summed E-state index contributed by atoms with van der Waals surface area (Å²) in [6, 6.07) is 108. The third-order valence-electron chi connectivity index (χ3n) is 17.0. The van der Waals surface area contributed by atoms with Gasteiger partial charge < -0.3 is 9.13 Å². The molecule has 5 heteroatoms. The highest BCUT2D eigenvalue weighted by Gasteiger charge is 2.23. The molecule has 0 N–H and O–H groups in total. The zero-order chi connectivity index (χ0) is 53.8. The maximum absolute atomic E-state index is 5.93. The molecule has 0 amide bonds. The molecule has 0 aliphatic heterocycles. The van der Waals surface area contributed by atoms with Gasteiger partial charge in [0.2, 0.25) is 0 Å². The smallest absolute Gasteiger partial charge is 0.148 e. The second-order valence-electron chi connectivity index (χ2n) is 21.5. The lowest BCUT2D eigenvalue weighted by Crippen LogP contribution is -2.06. The Morgan fingerprint density at radius 2 is 0.524 bits per heavy atom. The molecule has 82 heavy (non-hydrogen) atoms. The Morgan fingerprint density at radius 1 is 0.195 bits per heavy atom. The lowest BCUT2D eigenvalue weighted by Gasteiger charge is -2.18. The van der Waals surface area contributed by atoms with Gasteiger partial charge in [-0.2, -0.15) is 0 Å². The van der Waals surface area contributed by atoms with E-state index in [1.54, 1.807) is 0 Å². The summed E-state index contributed by atoms with van der Waals surface area (Å²) in [7, 11) is 0. The molecule has 0 saturated heterocycles. The van der Waals surface area contributed by atoms with Crippen LogP contribution in [-0.4, -0.2) is 23.3 Å². The highest BCUT2D eigenvalue weighted by Crippen LogP contribution is 2.44. The van der Waals surface area contributed by atoms with Gasteiger partial charge in [0.15, 0.2) is 0 Å². The second kappa shape index (κ2) is 18.3. The molecule has 0 fully saturated rings. The van der Waals surface area contributed by atoms with E-state index in [9.17, 15) is 0 Å². The summed E-state index contributed by atoms with van der Waals surface area (Å²) in [6.07, 6.45) is 0. The molecule has 0 atom stereocenters. The number of hydrogen-bond donors (Lipinski definition) is 0. The first kappa shape index (κ1) is 46.0. The SMILES string of the molecule is c1ccc(-c2ccccc2-c2ccc(-n3c4ccccc4c4cc(-c5ccc6c(c5)c5ccccc5n6-c5ccccc5)ccc43)nc2-n2c3ccccc3c3cc(-c4ccc5c(c4)c4ccccc4n5-c4ccccc4)ccc32)cc1. The van der Waals surface area contributed by atoms with E-state index in [1.165, 1.54) is 81.8 Å². The molecule has 0 radical (unpaired) electrons. The van der Waals surface area contributed by atoms with Crippen LogP contribution in [0.4, 0.5) is 0 Å². The number of benzene rings is 12. The number of pyridine rings is 1. The quantitative estimate of drug-likeness (QED) is 0.149. The zero-order valence-corrected chi connectivity index (χ0v) is 44.5. The van der Waals surface area contributed by atoms with Crippen molar-refractivity contribution in [2.24, 2.45) is 0 Å². The van der Waals surface area contributed by atoms with Crippen molar-refractivity contribution in [3.05, 3.63) is 297 Å². The molecule has 17 rings (SSSR count). The molecule has 382 valence electrons. The largest absolute Gasteiger partial charge is 0.309 e. The topological polar surface area (TPSA) is 32.6 Å². The fourth-order valence-electron chi connectivity index (χ4n) is 13.3. The Bertz CT molecular complexity index is 5390. The van der Waals surface area contributed by atoms with Gasteiger partial charge in [0.25, 0.3) is 0 Å². The maximum Gasteiger partial charge on any atom is 0.148 e. The Labute approximate surface area is 472 Å². The second-order valence-corrected chi connectivity index (χ2v) is 21.5. The summed E-state index contributed by atoms with van der Waals surface area (Å²) < 4.78 is 9.52. The number of fused-ring (bicyclic) bond motifs is 12. The van der Waals surface area contributed by atoms with E-state index in [1.807, 2.05) is 0 Å². The van der Waals surface area contributed by atoms with Crippen molar-refractivity contribution in [2.45, 2.75) is 0 Å². The van der Waals surface area contributed by atoms with Crippen molar-refractivity contribution in [1.82, 2.24) is 23.3 Å². The summed E-state index contributed by atoms with van der Waals surface area (Å²) in [5, 5.41) is 9.63. The lowest BCUT2D eigenvalue weighted by molar-refractivity contribution is 1.02. The van der Waals surface area contributed by atoms with E-state index in [2.05, 4.69) is 316 Å². The van der Waals surface area contributed by atoms with Gasteiger partial charge in [-0.3, -0.25) is 9.13 Å². The molecule has 0 spiro atoms. The van der Waals surface area contributed by atoms with Crippen LogP contribution in [0.1, 0.15) is 0 Å². The van der Waals surface area contributed by atoms with Crippen LogP contribution in [0.2, 0.25) is 0 Å². The Balaban J connectivity index is 0.856. The minimum Gasteiger partial charge on any atom is -0.309 e. The van der Waals surface area contributed by atoms with Crippen LogP contribution in [0.3, 0.4) is 0 Å². The maximum atomic E-state index is 5.93. The fourth-order valence-corrected chi connectivity index (χ4v) is 13.3. The van der Waals surface area contributed by atoms with Gasteiger partial charge in [0.1, 0.15) is 11.6 Å². The van der Waals surface area contributed by atoms with Crippen LogP contribution in [0.5, 0.6) is 0 Å². The van der Waals surface area contributed by atoms with Crippen LogP contribution in [-0.2, 0) is 0 Å². The van der Waals surface area contributed by atoms with E-state index in [0.717, 1.165) is 72.9 Å². The van der Waals surface area contributed by atoms with E-state index in [4.69, 9.17) is 4.98 Å². The first-order valence-electron chi connectivity index (χ1n) is 28.1. The monoisotopic (exact) mass is 1040 g/mol. The van der Waals surface area contributed by atoms with Crippen LogP contribution >= 0.6 is 0 Å². The highest BCUT2D eigenvalue weighted by molar-refractivity contribution is 6.15. The third kappa shape index (κ3) is 7.03. The van der Waals surface area contributed by atoms with Gasteiger partial charge >= 0.3 is 0 Å². The van der Waals surface area contributed by atoms with Gasteiger partial charge in [0.05, 0.1) is 44.1 Å². The normalized spacial score (nSPS) is 11.9. The number of nitrogens with zero attached hydrogens (tertiary/aromatic N) is 5. The van der Waals surface area contributed by atoms with Gasteiger partial charge in [0, 0.05) is 60.0 Å². The molecule has 0 bridgehead atoms. The molecule has 5 heterocycles. The lowest BCUT2D eigenvalue weighted by atomic mass is 9.94. The zero-order valence-electron chi connectivity index (χ0n) is 44.5.